The first kappa shape index (κ1) is 28.0. The summed E-state index contributed by atoms with van der Waals surface area (Å²) in [5.74, 6) is 0.403. The SMILES string of the molecule is CCC(C)NC(=O)c1cc(NC(=O)C(CC)c2ccccc2)ccc1N1CCN(c2ccccc2OC)CC1. The number of hydrogen-bond donors (Lipinski definition) is 2. The molecule has 1 aliphatic rings. The van der Waals surface area contributed by atoms with E-state index in [2.05, 4.69) is 26.5 Å². The molecule has 2 amide bonds. The van der Waals surface area contributed by atoms with Crippen molar-refractivity contribution in [2.75, 3.05) is 48.4 Å². The minimum absolute atomic E-state index is 0.0496. The van der Waals surface area contributed by atoms with Gasteiger partial charge in [-0.15, -0.1) is 0 Å². The van der Waals surface area contributed by atoms with Gasteiger partial charge in [0.15, 0.2) is 0 Å². The molecule has 0 radical (unpaired) electrons. The van der Waals surface area contributed by atoms with Gasteiger partial charge in [-0.1, -0.05) is 56.3 Å². The van der Waals surface area contributed by atoms with Crippen LogP contribution in [0.25, 0.3) is 0 Å². The number of hydrogen-bond acceptors (Lipinski definition) is 5. The third kappa shape index (κ3) is 6.72. The van der Waals surface area contributed by atoms with Crippen LogP contribution < -0.4 is 25.2 Å². The van der Waals surface area contributed by atoms with E-state index >= 15 is 0 Å². The van der Waals surface area contributed by atoms with Crippen LogP contribution in [-0.4, -0.2) is 51.1 Å². The van der Waals surface area contributed by atoms with E-state index in [-0.39, 0.29) is 23.8 Å². The lowest BCUT2D eigenvalue weighted by atomic mass is 9.95. The maximum absolute atomic E-state index is 13.4. The van der Waals surface area contributed by atoms with Gasteiger partial charge in [0.2, 0.25) is 5.91 Å². The quantitative estimate of drug-likeness (QED) is 0.354. The van der Waals surface area contributed by atoms with Crippen LogP contribution >= 0.6 is 0 Å². The second-order valence-corrected chi connectivity index (χ2v) is 10.0. The number of piperazine rings is 1. The second-order valence-electron chi connectivity index (χ2n) is 10.0. The van der Waals surface area contributed by atoms with Crippen LogP contribution in [-0.2, 0) is 4.79 Å². The molecule has 4 rings (SSSR count). The first-order chi connectivity index (χ1) is 18.9. The monoisotopic (exact) mass is 528 g/mol. The van der Waals surface area contributed by atoms with Gasteiger partial charge >= 0.3 is 0 Å². The highest BCUT2D eigenvalue weighted by Crippen LogP contribution is 2.31. The van der Waals surface area contributed by atoms with Crippen molar-refractivity contribution in [1.29, 1.82) is 0 Å². The zero-order valence-electron chi connectivity index (χ0n) is 23.4. The number of nitrogens with zero attached hydrogens (tertiary/aromatic N) is 2. The highest BCUT2D eigenvalue weighted by Gasteiger charge is 2.25. The lowest BCUT2D eigenvalue weighted by Crippen LogP contribution is -2.47. The van der Waals surface area contributed by atoms with Gasteiger partial charge in [-0.2, -0.15) is 0 Å². The minimum Gasteiger partial charge on any atom is -0.495 e. The normalized spacial score (nSPS) is 14.9. The molecule has 7 nitrogen and oxygen atoms in total. The predicted octanol–water partition coefficient (Wildman–Crippen LogP) is 5.68. The van der Waals surface area contributed by atoms with Crippen molar-refractivity contribution in [2.24, 2.45) is 0 Å². The van der Waals surface area contributed by atoms with Gasteiger partial charge in [-0.3, -0.25) is 9.59 Å². The fraction of sp³-hybridized carbons (Fsp3) is 0.375. The summed E-state index contributed by atoms with van der Waals surface area (Å²) in [4.78, 5) is 31.2. The van der Waals surface area contributed by atoms with Crippen molar-refractivity contribution in [1.82, 2.24) is 5.32 Å². The van der Waals surface area contributed by atoms with Crippen molar-refractivity contribution < 1.29 is 14.3 Å². The van der Waals surface area contributed by atoms with Gasteiger partial charge in [0.25, 0.3) is 5.91 Å². The van der Waals surface area contributed by atoms with E-state index in [1.807, 2.05) is 87.5 Å². The van der Waals surface area contributed by atoms with Crippen molar-refractivity contribution in [3.63, 3.8) is 0 Å². The van der Waals surface area contributed by atoms with E-state index in [0.29, 0.717) is 17.7 Å². The molecule has 3 aromatic rings. The third-order valence-corrected chi connectivity index (χ3v) is 7.47. The molecule has 7 heteroatoms. The molecule has 0 aromatic heterocycles. The Morgan fingerprint density at radius 3 is 2.13 bits per heavy atom. The molecular formula is C32H40N4O3. The summed E-state index contributed by atoms with van der Waals surface area (Å²) >= 11 is 0. The summed E-state index contributed by atoms with van der Waals surface area (Å²) in [6, 6.07) is 23.6. The number of anilines is 3. The first-order valence-electron chi connectivity index (χ1n) is 13.9. The van der Waals surface area contributed by atoms with E-state index in [4.69, 9.17) is 4.74 Å². The van der Waals surface area contributed by atoms with Gasteiger partial charge in [-0.05, 0) is 55.7 Å². The molecule has 2 atom stereocenters. The lowest BCUT2D eigenvalue weighted by Gasteiger charge is -2.38. The smallest absolute Gasteiger partial charge is 0.253 e. The van der Waals surface area contributed by atoms with Crippen molar-refractivity contribution in [3.8, 4) is 5.75 Å². The van der Waals surface area contributed by atoms with E-state index in [9.17, 15) is 9.59 Å². The van der Waals surface area contributed by atoms with Gasteiger partial charge in [0.1, 0.15) is 5.75 Å². The van der Waals surface area contributed by atoms with Crippen LogP contribution in [0.15, 0.2) is 72.8 Å². The van der Waals surface area contributed by atoms with Crippen LogP contribution in [0, 0.1) is 0 Å². The Morgan fingerprint density at radius 2 is 1.49 bits per heavy atom. The summed E-state index contributed by atoms with van der Waals surface area (Å²) < 4.78 is 5.56. The average molecular weight is 529 g/mol. The van der Waals surface area contributed by atoms with Gasteiger partial charge < -0.3 is 25.2 Å². The molecule has 1 heterocycles. The Balaban J connectivity index is 1.55. The lowest BCUT2D eigenvalue weighted by molar-refractivity contribution is -0.117. The molecular weight excluding hydrogens is 488 g/mol. The fourth-order valence-corrected chi connectivity index (χ4v) is 5.04. The maximum atomic E-state index is 13.4. The largest absolute Gasteiger partial charge is 0.495 e. The van der Waals surface area contributed by atoms with Gasteiger partial charge in [0.05, 0.1) is 24.3 Å². The second kappa shape index (κ2) is 13.2. The summed E-state index contributed by atoms with van der Waals surface area (Å²) in [5, 5.41) is 6.18. The Hall–Kier alpha value is -4.00. The van der Waals surface area contributed by atoms with E-state index in [0.717, 1.165) is 55.3 Å². The summed E-state index contributed by atoms with van der Waals surface area (Å²) in [6.07, 6.45) is 1.52. The number of amides is 2. The zero-order chi connectivity index (χ0) is 27.8. The number of ether oxygens (including phenoxy) is 1. The van der Waals surface area contributed by atoms with Gasteiger partial charge in [-0.25, -0.2) is 0 Å². The summed E-state index contributed by atoms with van der Waals surface area (Å²) in [5.41, 5.74) is 4.14. The predicted molar refractivity (Wildman–Crippen MR) is 159 cm³/mol. The van der Waals surface area contributed by atoms with Crippen molar-refractivity contribution >= 4 is 28.9 Å². The molecule has 0 aliphatic carbocycles. The fourth-order valence-electron chi connectivity index (χ4n) is 5.04. The Kier molecular flexibility index (Phi) is 9.47. The highest BCUT2D eigenvalue weighted by atomic mass is 16.5. The molecule has 0 saturated carbocycles. The number of nitrogens with one attached hydrogen (secondary N) is 2. The molecule has 2 unspecified atom stereocenters. The zero-order valence-corrected chi connectivity index (χ0v) is 23.4. The van der Waals surface area contributed by atoms with E-state index < -0.39 is 0 Å². The van der Waals surface area contributed by atoms with E-state index in [1.54, 1.807) is 7.11 Å². The number of carbonyl (C=O) groups is 2. The van der Waals surface area contributed by atoms with Crippen molar-refractivity contribution in [2.45, 2.75) is 45.6 Å². The number of rotatable bonds is 10. The summed E-state index contributed by atoms with van der Waals surface area (Å²) in [7, 11) is 1.69. The molecule has 1 saturated heterocycles. The average Bonchev–Trinajstić information content (AvgIpc) is 2.98. The standard InChI is InChI=1S/C32H40N4O3/c1-5-23(3)33-32(38)27-22-25(34-31(37)26(6-2)24-12-8-7-9-13-24)16-17-28(27)35-18-20-36(21-19-35)29-14-10-11-15-30(29)39-4/h7-17,22-23,26H,5-6,18-21H2,1-4H3,(H,33,38)(H,34,37). The number of methoxy groups -OCH3 is 1. The number of benzene rings is 3. The molecule has 3 aromatic carbocycles. The van der Waals surface area contributed by atoms with Crippen LogP contribution in [0.4, 0.5) is 17.1 Å². The number of para-hydroxylation sites is 2. The summed E-state index contributed by atoms with van der Waals surface area (Å²) in [6.45, 7) is 9.20. The molecule has 0 bridgehead atoms. The number of carbonyl (C=O) groups excluding carboxylic acids is 2. The molecule has 39 heavy (non-hydrogen) atoms. The maximum Gasteiger partial charge on any atom is 0.253 e. The third-order valence-electron chi connectivity index (χ3n) is 7.47. The molecule has 2 N–H and O–H groups in total. The topological polar surface area (TPSA) is 73.9 Å². The van der Waals surface area contributed by atoms with E-state index in [1.165, 1.54) is 0 Å². The van der Waals surface area contributed by atoms with Crippen LogP contribution in [0.5, 0.6) is 5.75 Å². The Bertz CT molecular complexity index is 1260. The molecule has 1 fully saturated rings. The minimum atomic E-state index is -0.258. The first-order valence-corrected chi connectivity index (χ1v) is 13.9. The van der Waals surface area contributed by atoms with Crippen LogP contribution in [0.2, 0.25) is 0 Å². The van der Waals surface area contributed by atoms with Crippen molar-refractivity contribution in [3.05, 3.63) is 83.9 Å². The Morgan fingerprint density at radius 1 is 0.846 bits per heavy atom. The highest BCUT2D eigenvalue weighted by molar-refractivity contribution is 6.03. The molecule has 1 aliphatic heterocycles. The molecule has 0 spiro atoms. The van der Waals surface area contributed by atoms with Crippen LogP contribution in [0.1, 0.15) is 55.5 Å². The molecule has 206 valence electrons. The van der Waals surface area contributed by atoms with Crippen LogP contribution in [0.3, 0.4) is 0 Å². The Labute approximate surface area is 232 Å². The van der Waals surface area contributed by atoms with Gasteiger partial charge in [0, 0.05) is 43.6 Å².